The van der Waals surface area contributed by atoms with Crippen LogP contribution >= 0.6 is 0 Å². The van der Waals surface area contributed by atoms with Crippen molar-refractivity contribution in [3.63, 3.8) is 0 Å². The fraction of sp³-hybridized carbons (Fsp3) is 0. The lowest BCUT2D eigenvalue weighted by Gasteiger charge is -1.96. The summed E-state index contributed by atoms with van der Waals surface area (Å²) in [4.78, 5) is 10.5. The molecule has 1 aromatic carbocycles. The molecule has 1 heterocycles. The topological polar surface area (TPSA) is 56.2 Å². The van der Waals surface area contributed by atoms with Crippen LogP contribution in [0.2, 0.25) is 0 Å². The molecule has 76 valence electrons. The summed E-state index contributed by atoms with van der Waals surface area (Å²) in [6, 6.07) is 7.54. The summed E-state index contributed by atoms with van der Waals surface area (Å²) in [6.45, 7) is 0. The Labute approximate surface area is 85.3 Å². The predicted molar refractivity (Wildman–Crippen MR) is 53.9 cm³/mol. The maximum absolute atomic E-state index is 13.3. The fourth-order valence-electron chi connectivity index (χ4n) is 1.31. The zero-order valence-electron chi connectivity index (χ0n) is 7.74. The summed E-state index contributed by atoms with van der Waals surface area (Å²) < 4.78 is 18.4. The van der Waals surface area contributed by atoms with Gasteiger partial charge in [-0.15, -0.1) is 0 Å². The molecule has 2 N–H and O–H groups in total. The molecule has 2 rings (SSSR count). The molecule has 0 aliphatic heterocycles. The molecular weight excluding hydrogens is 197 g/mol. The predicted octanol–water partition coefficient (Wildman–Crippen LogP) is 2.48. The zero-order chi connectivity index (χ0) is 10.8. The summed E-state index contributed by atoms with van der Waals surface area (Å²) in [7, 11) is 0. The number of rotatable bonds is 2. The van der Waals surface area contributed by atoms with Gasteiger partial charge in [-0.2, -0.15) is 0 Å². The Kier molecular flexibility index (Phi) is 2.25. The van der Waals surface area contributed by atoms with Gasteiger partial charge in [-0.3, -0.25) is 4.79 Å². The van der Waals surface area contributed by atoms with Crippen molar-refractivity contribution in [3.8, 4) is 11.3 Å². The van der Waals surface area contributed by atoms with E-state index in [2.05, 4.69) is 0 Å². The van der Waals surface area contributed by atoms with Crippen molar-refractivity contribution in [1.29, 1.82) is 0 Å². The van der Waals surface area contributed by atoms with Gasteiger partial charge in [-0.05, 0) is 18.2 Å². The lowest BCUT2D eigenvalue weighted by atomic mass is 10.1. The van der Waals surface area contributed by atoms with Crippen LogP contribution in [0.5, 0.6) is 0 Å². The number of nitrogen functional groups attached to an aromatic ring is 1. The number of benzene rings is 1. The van der Waals surface area contributed by atoms with Gasteiger partial charge in [0.05, 0.1) is 11.1 Å². The number of aldehydes is 1. The highest BCUT2D eigenvalue weighted by molar-refractivity contribution is 5.84. The van der Waals surface area contributed by atoms with E-state index in [0.29, 0.717) is 6.29 Å². The molecule has 0 amide bonds. The maximum atomic E-state index is 13.3. The van der Waals surface area contributed by atoms with Gasteiger partial charge < -0.3 is 10.2 Å². The second kappa shape index (κ2) is 3.57. The number of hydrogen-bond acceptors (Lipinski definition) is 3. The van der Waals surface area contributed by atoms with Gasteiger partial charge >= 0.3 is 0 Å². The quantitative estimate of drug-likeness (QED) is 0.766. The van der Waals surface area contributed by atoms with Crippen molar-refractivity contribution >= 4 is 12.2 Å². The van der Waals surface area contributed by atoms with Crippen molar-refractivity contribution in [3.05, 3.63) is 41.7 Å². The van der Waals surface area contributed by atoms with Gasteiger partial charge in [-0.25, -0.2) is 4.39 Å². The molecule has 0 bridgehead atoms. The molecule has 15 heavy (non-hydrogen) atoms. The number of hydrogen-bond donors (Lipinski definition) is 1. The summed E-state index contributed by atoms with van der Waals surface area (Å²) in [6.07, 6.45) is 0.573. The average molecular weight is 205 g/mol. The standard InChI is InChI=1S/C11H8FNO2/c12-9-4-2-1-3-8(9)10-5-7(6-14)11(13)15-10/h1-6H,13H2. The van der Waals surface area contributed by atoms with Gasteiger partial charge in [0.2, 0.25) is 5.88 Å². The third-order valence-electron chi connectivity index (χ3n) is 2.06. The first-order chi connectivity index (χ1) is 7.22. The number of anilines is 1. The SMILES string of the molecule is Nc1oc(-c2ccccc2F)cc1C=O. The minimum Gasteiger partial charge on any atom is -0.440 e. The van der Waals surface area contributed by atoms with Gasteiger partial charge in [0, 0.05) is 0 Å². The van der Waals surface area contributed by atoms with Crippen LogP contribution < -0.4 is 5.73 Å². The highest BCUT2D eigenvalue weighted by Crippen LogP contribution is 2.28. The van der Waals surface area contributed by atoms with Crippen LogP contribution in [0.15, 0.2) is 34.7 Å². The summed E-state index contributed by atoms with van der Waals surface area (Å²) in [5.74, 6) is -0.153. The lowest BCUT2D eigenvalue weighted by Crippen LogP contribution is -1.85. The zero-order valence-corrected chi connectivity index (χ0v) is 7.74. The molecule has 0 saturated carbocycles. The van der Waals surface area contributed by atoms with Crippen LogP contribution in [-0.4, -0.2) is 6.29 Å². The molecule has 4 heteroatoms. The molecule has 0 fully saturated rings. The Morgan fingerprint density at radius 1 is 1.33 bits per heavy atom. The van der Waals surface area contributed by atoms with Crippen LogP contribution in [0.25, 0.3) is 11.3 Å². The molecule has 0 aliphatic carbocycles. The van der Waals surface area contributed by atoms with Crippen LogP contribution in [-0.2, 0) is 0 Å². The first-order valence-corrected chi connectivity index (χ1v) is 4.31. The van der Waals surface area contributed by atoms with E-state index in [1.807, 2.05) is 0 Å². The second-order valence-electron chi connectivity index (χ2n) is 3.03. The van der Waals surface area contributed by atoms with Crippen LogP contribution in [0.1, 0.15) is 10.4 Å². The van der Waals surface area contributed by atoms with Crippen molar-refractivity contribution in [1.82, 2.24) is 0 Å². The van der Waals surface area contributed by atoms with Gasteiger partial charge in [-0.1, -0.05) is 12.1 Å². The molecule has 0 atom stereocenters. The Morgan fingerprint density at radius 3 is 2.67 bits per heavy atom. The molecule has 3 nitrogen and oxygen atoms in total. The van der Waals surface area contributed by atoms with Crippen LogP contribution in [0, 0.1) is 5.82 Å². The highest BCUT2D eigenvalue weighted by atomic mass is 19.1. The van der Waals surface area contributed by atoms with E-state index in [1.54, 1.807) is 18.2 Å². The fourth-order valence-corrected chi connectivity index (χ4v) is 1.31. The van der Waals surface area contributed by atoms with Crippen molar-refractivity contribution in [2.45, 2.75) is 0 Å². The van der Waals surface area contributed by atoms with Crippen molar-refractivity contribution in [2.24, 2.45) is 0 Å². The molecule has 0 aliphatic rings. The Balaban J connectivity index is 2.55. The van der Waals surface area contributed by atoms with Crippen molar-refractivity contribution < 1.29 is 13.6 Å². The van der Waals surface area contributed by atoms with E-state index in [4.69, 9.17) is 10.2 Å². The highest BCUT2D eigenvalue weighted by Gasteiger charge is 2.12. The van der Waals surface area contributed by atoms with E-state index in [-0.39, 0.29) is 22.8 Å². The maximum Gasteiger partial charge on any atom is 0.201 e. The molecule has 0 unspecified atom stereocenters. The molecule has 0 spiro atoms. The largest absolute Gasteiger partial charge is 0.440 e. The van der Waals surface area contributed by atoms with Gasteiger partial charge in [0.25, 0.3) is 0 Å². The third-order valence-corrected chi connectivity index (χ3v) is 2.06. The van der Waals surface area contributed by atoms with E-state index in [1.165, 1.54) is 12.1 Å². The number of furan rings is 1. The van der Waals surface area contributed by atoms with Gasteiger partial charge in [0.1, 0.15) is 11.6 Å². The Bertz CT molecular complexity index is 505. The minimum absolute atomic E-state index is 0.00301. The first kappa shape index (κ1) is 9.45. The molecule has 0 radical (unpaired) electrons. The second-order valence-corrected chi connectivity index (χ2v) is 3.03. The van der Waals surface area contributed by atoms with Crippen LogP contribution in [0.4, 0.5) is 10.3 Å². The Hall–Kier alpha value is -2.10. The molecular formula is C11H8FNO2. The number of halogens is 1. The monoisotopic (exact) mass is 205 g/mol. The lowest BCUT2D eigenvalue weighted by molar-refractivity contribution is 0.112. The van der Waals surface area contributed by atoms with E-state index in [0.717, 1.165) is 0 Å². The summed E-state index contributed by atoms with van der Waals surface area (Å²) >= 11 is 0. The molecule has 1 aromatic heterocycles. The van der Waals surface area contributed by atoms with Crippen molar-refractivity contribution in [2.75, 3.05) is 5.73 Å². The van der Waals surface area contributed by atoms with E-state index < -0.39 is 5.82 Å². The third kappa shape index (κ3) is 1.61. The summed E-state index contributed by atoms with van der Waals surface area (Å²) in [5, 5.41) is 0. The van der Waals surface area contributed by atoms with Crippen LogP contribution in [0.3, 0.4) is 0 Å². The molecule has 2 aromatic rings. The number of nitrogens with two attached hydrogens (primary N) is 1. The Morgan fingerprint density at radius 2 is 2.07 bits per heavy atom. The van der Waals surface area contributed by atoms with Gasteiger partial charge in [0.15, 0.2) is 6.29 Å². The average Bonchev–Trinajstić information content (AvgIpc) is 2.60. The first-order valence-electron chi connectivity index (χ1n) is 4.31. The molecule has 0 saturated heterocycles. The van der Waals surface area contributed by atoms with E-state index >= 15 is 0 Å². The van der Waals surface area contributed by atoms with E-state index in [9.17, 15) is 9.18 Å². The summed E-state index contributed by atoms with van der Waals surface area (Å²) in [5.41, 5.74) is 5.94. The smallest absolute Gasteiger partial charge is 0.201 e. The number of carbonyl (C=O) groups is 1. The minimum atomic E-state index is -0.413. The normalized spacial score (nSPS) is 10.2. The number of carbonyl (C=O) groups excluding carboxylic acids is 1.